The third kappa shape index (κ3) is 2.48. The summed E-state index contributed by atoms with van der Waals surface area (Å²) in [6, 6.07) is 2.43. The zero-order chi connectivity index (χ0) is 13.9. The second kappa shape index (κ2) is 4.87. The predicted molar refractivity (Wildman–Crippen MR) is 52.9 cm³/mol. The average molecular weight is 257 g/mol. The number of carbonyl (C=O) groups is 2. The number of benzene rings is 1. The van der Waals surface area contributed by atoms with Gasteiger partial charge in [-0.2, -0.15) is 18.4 Å². The number of nitriles is 1. The quantitative estimate of drug-likeness (QED) is 0.601. The van der Waals surface area contributed by atoms with Crippen LogP contribution in [0.4, 0.5) is 13.2 Å². The first kappa shape index (κ1) is 13.7. The molecule has 0 heterocycles. The molecule has 0 aliphatic carbocycles. The van der Waals surface area contributed by atoms with Crippen LogP contribution in [-0.4, -0.2) is 19.4 Å². The lowest BCUT2D eigenvalue weighted by atomic mass is 9.98. The van der Waals surface area contributed by atoms with Crippen molar-refractivity contribution in [1.82, 2.24) is 0 Å². The van der Waals surface area contributed by atoms with Gasteiger partial charge in [0.05, 0.1) is 29.9 Å². The zero-order valence-corrected chi connectivity index (χ0v) is 9.04. The molecule has 0 aromatic heterocycles. The summed E-state index contributed by atoms with van der Waals surface area (Å²) in [5.41, 5.74) is -2.72. The summed E-state index contributed by atoms with van der Waals surface area (Å²) in [6.45, 7) is 0. The van der Waals surface area contributed by atoms with Crippen molar-refractivity contribution in [1.29, 1.82) is 5.26 Å². The predicted octanol–water partition coefficient (Wildman–Crippen LogP) is 2.18. The van der Waals surface area contributed by atoms with Gasteiger partial charge in [-0.25, -0.2) is 4.79 Å². The van der Waals surface area contributed by atoms with Crippen LogP contribution in [0.5, 0.6) is 0 Å². The molecule has 0 fully saturated rings. The molecule has 0 saturated carbocycles. The van der Waals surface area contributed by atoms with Crippen molar-refractivity contribution >= 4 is 12.3 Å². The molecular weight excluding hydrogens is 251 g/mol. The first-order chi connectivity index (χ1) is 8.35. The van der Waals surface area contributed by atoms with E-state index in [2.05, 4.69) is 4.74 Å². The van der Waals surface area contributed by atoms with E-state index >= 15 is 0 Å². The Labute approximate surface area is 99.6 Å². The van der Waals surface area contributed by atoms with Crippen LogP contribution in [0, 0.1) is 11.3 Å². The van der Waals surface area contributed by atoms with Gasteiger partial charge < -0.3 is 4.74 Å². The molecule has 1 aromatic carbocycles. The van der Waals surface area contributed by atoms with E-state index in [4.69, 9.17) is 5.26 Å². The molecule has 0 aliphatic rings. The summed E-state index contributed by atoms with van der Waals surface area (Å²) >= 11 is 0. The van der Waals surface area contributed by atoms with Crippen molar-refractivity contribution < 1.29 is 27.5 Å². The Morgan fingerprint density at radius 1 is 1.44 bits per heavy atom. The Hall–Kier alpha value is -2.36. The van der Waals surface area contributed by atoms with Gasteiger partial charge in [-0.3, -0.25) is 4.79 Å². The van der Waals surface area contributed by atoms with E-state index in [0.29, 0.717) is 12.1 Å². The lowest BCUT2D eigenvalue weighted by molar-refractivity contribution is -0.137. The Bertz CT molecular complexity index is 544. The van der Waals surface area contributed by atoms with Gasteiger partial charge in [0.1, 0.15) is 0 Å². The second-order valence-corrected chi connectivity index (χ2v) is 3.20. The molecule has 0 spiro atoms. The topological polar surface area (TPSA) is 67.2 Å². The number of alkyl halides is 3. The van der Waals surface area contributed by atoms with Crippen molar-refractivity contribution in [3.8, 4) is 6.07 Å². The molecule has 18 heavy (non-hydrogen) atoms. The van der Waals surface area contributed by atoms with Crippen molar-refractivity contribution in [2.45, 2.75) is 6.18 Å². The number of methoxy groups -OCH3 is 1. The minimum atomic E-state index is -4.73. The van der Waals surface area contributed by atoms with E-state index in [9.17, 15) is 22.8 Å². The van der Waals surface area contributed by atoms with Crippen LogP contribution in [0.2, 0.25) is 0 Å². The summed E-state index contributed by atoms with van der Waals surface area (Å²) in [5, 5.41) is 8.69. The first-order valence-corrected chi connectivity index (χ1v) is 4.54. The number of hydrogen-bond donors (Lipinski definition) is 0. The lowest BCUT2D eigenvalue weighted by Gasteiger charge is -2.11. The number of aldehydes is 1. The van der Waals surface area contributed by atoms with Crippen LogP contribution in [0.3, 0.4) is 0 Å². The fraction of sp³-hybridized carbons (Fsp3) is 0.182. The van der Waals surface area contributed by atoms with Gasteiger partial charge in [-0.1, -0.05) is 0 Å². The molecule has 0 aliphatic heterocycles. The van der Waals surface area contributed by atoms with Crippen molar-refractivity contribution in [2.75, 3.05) is 7.11 Å². The molecule has 1 rings (SSSR count). The maximum atomic E-state index is 12.5. The van der Waals surface area contributed by atoms with E-state index < -0.39 is 34.4 Å². The highest BCUT2D eigenvalue weighted by molar-refractivity contribution is 6.00. The van der Waals surface area contributed by atoms with E-state index in [-0.39, 0.29) is 6.29 Å². The molecule has 0 N–H and O–H groups in total. The number of carbonyl (C=O) groups excluding carboxylic acids is 2. The molecule has 0 amide bonds. The van der Waals surface area contributed by atoms with Crippen molar-refractivity contribution in [2.24, 2.45) is 0 Å². The molecule has 94 valence electrons. The summed E-state index contributed by atoms with van der Waals surface area (Å²) in [4.78, 5) is 22.0. The summed E-state index contributed by atoms with van der Waals surface area (Å²) in [7, 11) is 0.962. The monoisotopic (exact) mass is 257 g/mol. The van der Waals surface area contributed by atoms with Crippen LogP contribution in [0.1, 0.15) is 31.8 Å². The van der Waals surface area contributed by atoms with Crippen molar-refractivity contribution in [3.05, 3.63) is 34.4 Å². The molecule has 0 saturated heterocycles. The van der Waals surface area contributed by atoms with Gasteiger partial charge in [0.25, 0.3) is 0 Å². The van der Waals surface area contributed by atoms with Gasteiger partial charge in [0.2, 0.25) is 0 Å². The van der Waals surface area contributed by atoms with Gasteiger partial charge in [-0.15, -0.1) is 0 Å². The first-order valence-electron chi connectivity index (χ1n) is 4.54. The Kier molecular flexibility index (Phi) is 3.71. The Morgan fingerprint density at radius 2 is 2.06 bits per heavy atom. The largest absolute Gasteiger partial charge is 0.465 e. The Morgan fingerprint density at radius 3 is 2.44 bits per heavy atom. The summed E-state index contributed by atoms with van der Waals surface area (Å²) in [6.07, 6.45) is -4.58. The van der Waals surface area contributed by atoms with Gasteiger partial charge >= 0.3 is 12.1 Å². The third-order valence-corrected chi connectivity index (χ3v) is 2.15. The highest BCUT2D eigenvalue weighted by Gasteiger charge is 2.33. The molecule has 4 nitrogen and oxygen atoms in total. The summed E-state index contributed by atoms with van der Waals surface area (Å²) in [5.74, 6) is -1.11. The molecule has 0 unspecified atom stereocenters. The number of esters is 1. The second-order valence-electron chi connectivity index (χ2n) is 3.20. The van der Waals surface area contributed by atoms with Gasteiger partial charge in [-0.05, 0) is 12.1 Å². The van der Waals surface area contributed by atoms with Crippen LogP contribution in [0.15, 0.2) is 12.1 Å². The zero-order valence-electron chi connectivity index (χ0n) is 9.04. The van der Waals surface area contributed by atoms with Crippen LogP contribution >= 0.6 is 0 Å². The maximum Gasteiger partial charge on any atom is 0.416 e. The number of nitrogens with zero attached hydrogens (tertiary/aromatic N) is 1. The van der Waals surface area contributed by atoms with E-state index in [1.165, 1.54) is 6.07 Å². The average Bonchev–Trinajstić information content (AvgIpc) is 2.34. The van der Waals surface area contributed by atoms with E-state index in [0.717, 1.165) is 7.11 Å². The smallest absolute Gasteiger partial charge is 0.416 e. The standard InChI is InChI=1S/C11H6F3NO3/c1-18-10(17)8-3-7(11(12,13)14)2-6(4-15)9(8)5-16/h2-3,5H,1H3. The SMILES string of the molecule is COC(=O)c1cc(C(F)(F)F)cc(C#N)c1C=O. The van der Waals surface area contributed by atoms with Gasteiger partial charge in [0, 0.05) is 5.56 Å². The fourth-order valence-electron chi connectivity index (χ4n) is 1.32. The lowest BCUT2D eigenvalue weighted by Crippen LogP contribution is -2.12. The highest BCUT2D eigenvalue weighted by Crippen LogP contribution is 2.32. The number of halogens is 3. The number of hydrogen-bond acceptors (Lipinski definition) is 4. The van der Waals surface area contributed by atoms with Gasteiger partial charge in [0.15, 0.2) is 6.29 Å². The molecule has 0 atom stereocenters. The van der Waals surface area contributed by atoms with E-state index in [1.54, 1.807) is 0 Å². The normalized spacial score (nSPS) is 10.6. The fourth-order valence-corrected chi connectivity index (χ4v) is 1.32. The minimum Gasteiger partial charge on any atom is -0.465 e. The Balaban J connectivity index is 3.62. The van der Waals surface area contributed by atoms with Crippen LogP contribution < -0.4 is 0 Å². The summed E-state index contributed by atoms with van der Waals surface area (Å²) < 4.78 is 41.9. The van der Waals surface area contributed by atoms with E-state index in [1.807, 2.05) is 0 Å². The maximum absolute atomic E-state index is 12.5. The third-order valence-electron chi connectivity index (χ3n) is 2.15. The minimum absolute atomic E-state index is 0.144. The molecule has 0 bridgehead atoms. The van der Waals surface area contributed by atoms with Crippen LogP contribution in [0.25, 0.3) is 0 Å². The number of ether oxygens (including phenoxy) is 1. The van der Waals surface area contributed by atoms with Crippen LogP contribution in [-0.2, 0) is 10.9 Å². The molecule has 7 heteroatoms. The molecular formula is C11H6F3NO3. The molecule has 1 aromatic rings. The molecule has 0 radical (unpaired) electrons. The number of rotatable bonds is 2. The van der Waals surface area contributed by atoms with Crippen molar-refractivity contribution in [3.63, 3.8) is 0 Å². The highest BCUT2D eigenvalue weighted by atomic mass is 19.4.